The fraction of sp³-hybridized carbons (Fsp3) is 0.367. The van der Waals surface area contributed by atoms with Crippen molar-refractivity contribution in [1.82, 2.24) is 30.4 Å². The molecule has 4 aromatic rings. The number of tetrazole rings is 1. The van der Waals surface area contributed by atoms with Gasteiger partial charge in [0.25, 0.3) is 0 Å². The van der Waals surface area contributed by atoms with Crippen molar-refractivity contribution in [3.05, 3.63) is 64.4 Å². The lowest BCUT2D eigenvalue weighted by Crippen LogP contribution is -2.45. The zero-order valence-electron chi connectivity index (χ0n) is 24.3. The van der Waals surface area contributed by atoms with Crippen molar-refractivity contribution >= 4 is 23.2 Å². The van der Waals surface area contributed by atoms with Gasteiger partial charge in [-0.3, -0.25) is 9.59 Å². The summed E-state index contributed by atoms with van der Waals surface area (Å²) in [6, 6.07) is 13.5. The minimum Gasteiger partial charge on any atom is -0.493 e. The lowest BCUT2D eigenvalue weighted by atomic mass is 10.1. The zero-order chi connectivity index (χ0) is 30.5. The van der Waals surface area contributed by atoms with Crippen molar-refractivity contribution in [1.29, 1.82) is 0 Å². The zero-order valence-corrected chi connectivity index (χ0v) is 25.1. The molecule has 2 aromatic carbocycles. The molecule has 2 aliphatic heterocycles. The van der Waals surface area contributed by atoms with E-state index < -0.39 is 6.04 Å². The molecule has 0 bridgehead atoms. The van der Waals surface area contributed by atoms with Crippen LogP contribution in [0.4, 0.5) is 0 Å². The first-order valence-electron chi connectivity index (χ1n) is 14.1. The molecule has 0 aliphatic carbocycles. The molecule has 230 valence electrons. The van der Waals surface area contributed by atoms with E-state index in [2.05, 4.69) is 20.7 Å². The number of fused-ring (bicyclic) bond motifs is 1. The summed E-state index contributed by atoms with van der Waals surface area (Å²) in [5.41, 5.74) is 1.41. The Balaban J connectivity index is 1.28. The van der Waals surface area contributed by atoms with Crippen molar-refractivity contribution in [2.24, 2.45) is 0 Å². The van der Waals surface area contributed by atoms with Crippen LogP contribution in [0.2, 0.25) is 0 Å². The quantitative estimate of drug-likeness (QED) is 0.251. The number of carbonyl (C=O) groups is 2. The number of amides is 2. The summed E-state index contributed by atoms with van der Waals surface area (Å²) in [5, 5.41) is 17.6. The highest BCUT2D eigenvalue weighted by molar-refractivity contribution is 7.10. The molecule has 14 heteroatoms. The highest BCUT2D eigenvalue weighted by atomic mass is 32.1. The molecule has 1 N–H and O–H groups in total. The number of carbonyl (C=O) groups excluding carboxylic acids is 2. The normalized spacial score (nSPS) is 16.0. The predicted molar refractivity (Wildman–Crippen MR) is 159 cm³/mol. The van der Waals surface area contributed by atoms with Crippen molar-refractivity contribution in [2.75, 3.05) is 34.2 Å². The van der Waals surface area contributed by atoms with Crippen LogP contribution < -0.4 is 24.3 Å². The van der Waals surface area contributed by atoms with Gasteiger partial charge in [0.2, 0.25) is 24.4 Å². The largest absolute Gasteiger partial charge is 0.493 e. The highest BCUT2D eigenvalue weighted by Crippen LogP contribution is 2.35. The molecule has 0 spiro atoms. The van der Waals surface area contributed by atoms with E-state index >= 15 is 0 Å². The van der Waals surface area contributed by atoms with Gasteiger partial charge in [0.15, 0.2) is 23.0 Å². The first-order chi connectivity index (χ1) is 21.5. The fourth-order valence-corrected chi connectivity index (χ4v) is 5.99. The molecule has 1 saturated heterocycles. The molecular weight excluding hydrogens is 588 g/mol. The van der Waals surface area contributed by atoms with Crippen LogP contribution >= 0.6 is 11.3 Å². The molecule has 0 radical (unpaired) electrons. The maximum Gasteiger partial charge on any atom is 0.248 e. The van der Waals surface area contributed by atoms with E-state index in [9.17, 15) is 9.59 Å². The van der Waals surface area contributed by atoms with Crippen LogP contribution in [-0.2, 0) is 27.4 Å². The van der Waals surface area contributed by atoms with Gasteiger partial charge in [0.1, 0.15) is 12.6 Å². The summed E-state index contributed by atoms with van der Waals surface area (Å²) in [6.07, 6.45) is 1.79. The molecule has 1 fully saturated rings. The summed E-state index contributed by atoms with van der Waals surface area (Å²) in [4.78, 5) is 31.4. The average Bonchev–Trinajstić information content (AvgIpc) is 3.87. The van der Waals surface area contributed by atoms with Gasteiger partial charge in [-0.05, 0) is 65.4 Å². The number of hydrogen-bond acceptors (Lipinski definition) is 11. The molecule has 6 rings (SSSR count). The smallest absolute Gasteiger partial charge is 0.248 e. The second-order valence-electron chi connectivity index (χ2n) is 10.2. The van der Waals surface area contributed by atoms with Gasteiger partial charge >= 0.3 is 0 Å². The Hall–Kier alpha value is -4.69. The van der Waals surface area contributed by atoms with Gasteiger partial charge in [-0.1, -0.05) is 12.1 Å². The molecule has 2 atom stereocenters. The minimum atomic E-state index is -0.900. The number of thiophene rings is 1. The number of aromatic nitrogens is 4. The Morgan fingerprint density at radius 2 is 1.98 bits per heavy atom. The Kier molecular flexibility index (Phi) is 8.89. The van der Waals surface area contributed by atoms with Crippen molar-refractivity contribution in [3.63, 3.8) is 0 Å². The SMILES string of the molecule is COc1ccc(-c2nnn(CC(=O)N(Cc3ccc4c(c3)OCO4)[C@H](C(=O)NC[C@H]3CCCO3)c3cccs3)n2)cc1OC. The second-order valence-corrected chi connectivity index (χ2v) is 11.2. The monoisotopic (exact) mass is 620 g/mol. The second kappa shape index (κ2) is 13.3. The van der Waals surface area contributed by atoms with E-state index in [1.54, 1.807) is 38.5 Å². The number of ether oxygens (including phenoxy) is 5. The van der Waals surface area contributed by atoms with Crippen molar-refractivity contribution < 1.29 is 33.3 Å². The number of rotatable bonds is 12. The van der Waals surface area contributed by atoms with E-state index in [-0.39, 0.29) is 37.8 Å². The number of nitrogens with one attached hydrogen (secondary N) is 1. The average molecular weight is 621 g/mol. The van der Waals surface area contributed by atoms with Gasteiger partial charge < -0.3 is 33.9 Å². The van der Waals surface area contributed by atoms with Crippen LogP contribution in [0.5, 0.6) is 23.0 Å². The van der Waals surface area contributed by atoms with Gasteiger partial charge in [0.05, 0.1) is 20.3 Å². The van der Waals surface area contributed by atoms with Crippen LogP contribution in [0.1, 0.15) is 29.3 Å². The van der Waals surface area contributed by atoms with Gasteiger partial charge in [0, 0.05) is 30.1 Å². The molecule has 4 heterocycles. The van der Waals surface area contributed by atoms with E-state index in [4.69, 9.17) is 23.7 Å². The highest BCUT2D eigenvalue weighted by Gasteiger charge is 2.34. The lowest BCUT2D eigenvalue weighted by Gasteiger charge is -2.31. The first kappa shape index (κ1) is 29.4. The van der Waals surface area contributed by atoms with Crippen LogP contribution in [0, 0.1) is 0 Å². The maximum absolute atomic E-state index is 14.1. The van der Waals surface area contributed by atoms with Crippen LogP contribution in [0.25, 0.3) is 11.4 Å². The number of benzene rings is 2. The molecule has 2 amide bonds. The third-order valence-corrected chi connectivity index (χ3v) is 8.31. The Bertz CT molecular complexity index is 1610. The predicted octanol–water partition coefficient (Wildman–Crippen LogP) is 3.21. The van der Waals surface area contributed by atoms with E-state index in [1.807, 2.05) is 29.6 Å². The maximum atomic E-state index is 14.1. The van der Waals surface area contributed by atoms with Gasteiger partial charge in [-0.15, -0.1) is 21.5 Å². The lowest BCUT2D eigenvalue weighted by molar-refractivity contribution is -0.142. The summed E-state index contributed by atoms with van der Waals surface area (Å²) >= 11 is 1.40. The first-order valence-corrected chi connectivity index (χ1v) is 15.0. The van der Waals surface area contributed by atoms with Crippen molar-refractivity contribution in [3.8, 4) is 34.4 Å². The summed E-state index contributed by atoms with van der Waals surface area (Å²) in [5.74, 6) is 1.94. The van der Waals surface area contributed by atoms with Crippen molar-refractivity contribution in [2.45, 2.75) is 38.1 Å². The molecule has 2 aliphatic rings. The molecular formula is C30H32N6O7S. The summed E-state index contributed by atoms with van der Waals surface area (Å²) in [7, 11) is 3.10. The topological polar surface area (TPSA) is 139 Å². The minimum absolute atomic E-state index is 0.0460. The molecule has 0 saturated carbocycles. The Labute approximate surface area is 257 Å². The summed E-state index contributed by atoms with van der Waals surface area (Å²) in [6.45, 7) is 1.06. The van der Waals surface area contributed by atoms with Gasteiger partial charge in [-0.25, -0.2) is 0 Å². The van der Waals surface area contributed by atoms with Crippen LogP contribution in [0.15, 0.2) is 53.9 Å². The number of methoxy groups -OCH3 is 2. The molecule has 44 heavy (non-hydrogen) atoms. The van der Waals surface area contributed by atoms with E-state index in [0.29, 0.717) is 47.5 Å². The molecule has 13 nitrogen and oxygen atoms in total. The third-order valence-electron chi connectivity index (χ3n) is 7.38. The summed E-state index contributed by atoms with van der Waals surface area (Å²) < 4.78 is 27.4. The third kappa shape index (κ3) is 6.45. The van der Waals surface area contributed by atoms with E-state index in [1.165, 1.54) is 21.0 Å². The Morgan fingerprint density at radius 3 is 2.75 bits per heavy atom. The Morgan fingerprint density at radius 1 is 1.11 bits per heavy atom. The number of hydrogen-bond donors (Lipinski definition) is 1. The van der Waals surface area contributed by atoms with Gasteiger partial charge in [-0.2, -0.15) is 4.80 Å². The molecule has 2 aromatic heterocycles. The van der Waals surface area contributed by atoms with Crippen LogP contribution in [0.3, 0.4) is 0 Å². The van der Waals surface area contributed by atoms with Crippen LogP contribution in [-0.4, -0.2) is 77.2 Å². The standard InChI is InChI=1S/C30H32N6O7S/c1-39-22-10-8-20(14-24(22)40-2)29-32-34-36(33-29)17-27(37)35(16-19-7-9-23-25(13-19)43-18-42-23)28(26-6-4-12-44-26)30(38)31-15-21-5-3-11-41-21/h4,6-10,12-14,21,28H,3,5,11,15-18H2,1-2H3,(H,31,38)/t21-,28+/m1/s1. The van der Waals surface area contributed by atoms with E-state index in [0.717, 1.165) is 23.3 Å². The molecule has 0 unspecified atom stereocenters. The fourth-order valence-electron chi connectivity index (χ4n) is 5.16. The number of nitrogens with zero attached hydrogens (tertiary/aromatic N) is 5.